The fraction of sp³-hybridized carbons (Fsp3) is 0. The van der Waals surface area contributed by atoms with E-state index in [2.05, 4.69) is 132 Å². The molecule has 0 aliphatic rings. The maximum absolute atomic E-state index is 6.47. The van der Waals surface area contributed by atoms with Crippen LogP contribution in [0.3, 0.4) is 0 Å². The Kier molecular flexibility index (Phi) is 6.53. The van der Waals surface area contributed by atoms with Crippen molar-refractivity contribution < 1.29 is 8.83 Å². The molecule has 0 bridgehead atoms. The molecule has 12 rings (SSSR count). The third kappa shape index (κ3) is 4.76. The highest BCUT2D eigenvalue weighted by molar-refractivity contribution is 6.16. The molecule has 4 heterocycles. The lowest BCUT2D eigenvalue weighted by Gasteiger charge is -2.14. The summed E-state index contributed by atoms with van der Waals surface area (Å²) in [5.41, 5.74) is 9.00. The van der Waals surface area contributed by atoms with Crippen molar-refractivity contribution in [1.29, 1.82) is 0 Å². The van der Waals surface area contributed by atoms with Gasteiger partial charge in [-0.1, -0.05) is 109 Å². The van der Waals surface area contributed by atoms with E-state index in [9.17, 15) is 0 Å². The lowest BCUT2D eigenvalue weighted by molar-refractivity contribution is 0.669. The van der Waals surface area contributed by atoms with Crippen molar-refractivity contribution in [2.24, 2.45) is 0 Å². The van der Waals surface area contributed by atoms with Crippen LogP contribution in [0.15, 0.2) is 179 Å². The minimum Gasteiger partial charge on any atom is -0.456 e. The first-order valence-corrected chi connectivity index (χ1v) is 18.6. The molecule has 0 radical (unpaired) electrons. The fourth-order valence-electron chi connectivity index (χ4n) is 8.31. The summed E-state index contributed by atoms with van der Waals surface area (Å²) in [6.07, 6.45) is 1.83. The van der Waals surface area contributed by atoms with Gasteiger partial charge in [-0.25, -0.2) is 15.0 Å². The molecule has 6 nitrogen and oxygen atoms in total. The molecule has 0 spiro atoms. The first-order valence-electron chi connectivity index (χ1n) is 18.6. The van der Waals surface area contributed by atoms with Crippen LogP contribution in [0.1, 0.15) is 0 Å². The molecule has 0 N–H and O–H groups in total. The number of hydrogen-bond donors (Lipinski definition) is 0. The number of rotatable bonds is 4. The monoisotopic (exact) mass is 716 g/mol. The Morgan fingerprint density at radius 3 is 1.89 bits per heavy atom. The van der Waals surface area contributed by atoms with Crippen LogP contribution in [-0.4, -0.2) is 19.9 Å². The fourth-order valence-corrected chi connectivity index (χ4v) is 8.31. The summed E-state index contributed by atoms with van der Waals surface area (Å²) in [4.78, 5) is 20.4. The molecule has 0 fully saturated rings. The van der Waals surface area contributed by atoms with Crippen LogP contribution in [0, 0.1) is 0 Å². The van der Waals surface area contributed by atoms with Crippen molar-refractivity contribution in [3.8, 4) is 45.3 Å². The Bertz CT molecular complexity index is 3560. The maximum atomic E-state index is 6.47. The third-order valence-electron chi connectivity index (χ3n) is 10.9. The molecular weight excluding hydrogens is 689 g/mol. The number of para-hydroxylation sites is 1. The molecule has 0 aliphatic carbocycles. The Hall–Kier alpha value is -7.70. The number of pyridine rings is 1. The molecule has 56 heavy (non-hydrogen) atoms. The summed E-state index contributed by atoms with van der Waals surface area (Å²) < 4.78 is 12.8. The van der Waals surface area contributed by atoms with Crippen LogP contribution in [-0.2, 0) is 0 Å². The quantitative estimate of drug-likeness (QED) is 0.180. The highest BCUT2D eigenvalue weighted by Gasteiger charge is 2.20. The summed E-state index contributed by atoms with van der Waals surface area (Å²) >= 11 is 0. The van der Waals surface area contributed by atoms with Crippen LogP contribution in [0.4, 0.5) is 0 Å². The number of fused-ring (bicyclic) bond motifs is 9. The summed E-state index contributed by atoms with van der Waals surface area (Å²) in [5.74, 6) is 1.75. The number of hydrogen-bond acceptors (Lipinski definition) is 6. The molecule has 0 unspecified atom stereocenters. The summed E-state index contributed by atoms with van der Waals surface area (Å²) in [7, 11) is 0. The molecule has 8 aromatic carbocycles. The predicted octanol–water partition coefficient (Wildman–Crippen LogP) is 13.2. The van der Waals surface area contributed by atoms with Crippen molar-refractivity contribution in [3.05, 3.63) is 170 Å². The molecule has 12 aromatic rings. The average Bonchev–Trinajstić information content (AvgIpc) is 3.82. The van der Waals surface area contributed by atoms with Crippen molar-refractivity contribution in [2.45, 2.75) is 0 Å². The van der Waals surface area contributed by atoms with Crippen molar-refractivity contribution in [1.82, 2.24) is 19.9 Å². The summed E-state index contributed by atoms with van der Waals surface area (Å²) in [6.45, 7) is 0. The van der Waals surface area contributed by atoms with Crippen LogP contribution in [0.2, 0.25) is 0 Å². The lowest BCUT2D eigenvalue weighted by atomic mass is 9.93. The molecule has 0 aliphatic heterocycles. The van der Waals surface area contributed by atoms with Gasteiger partial charge in [0.15, 0.2) is 17.5 Å². The van der Waals surface area contributed by atoms with E-state index in [4.69, 9.17) is 23.8 Å². The molecule has 0 saturated heterocycles. The van der Waals surface area contributed by atoms with E-state index < -0.39 is 0 Å². The Labute approximate surface area is 319 Å². The normalized spacial score (nSPS) is 11.9. The molecule has 6 heteroatoms. The van der Waals surface area contributed by atoms with E-state index in [0.717, 1.165) is 104 Å². The average molecular weight is 717 g/mol. The zero-order chi connectivity index (χ0) is 36.7. The van der Waals surface area contributed by atoms with E-state index in [1.807, 2.05) is 42.6 Å². The van der Waals surface area contributed by atoms with Gasteiger partial charge in [0.05, 0.1) is 5.52 Å². The zero-order valence-corrected chi connectivity index (χ0v) is 29.8. The van der Waals surface area contributed by atoms with E-state index in [-0.39, 0.29) is 0 Å². The molecule has 4 aromatic heterocycles. The highest BCUT2D eigenvalue weighted by Crippen LogP contribution is 2.42. The number of aromatic nitrogens is 4. The van der Waals surface area contributed by atoms with E-state index >= 15 is 0 Å². The molecule has 0 atom stereocenters. The zero-order valence-electron chi connectivity index (χ0n) is 29.8. The van der Waals surface area contributed by atoms with Gasteiger partial charge in [-0.15, -0.1) is 0 Å². The largest absolute Gasteiger partial charge is 0.456 e. The first-order chi connectivity index (χ1) is 27.7. The van der Waals surface area contributed by atoms with Gasteiger partial charge in [-0.3, -0.25) is 4.98 Å². The molecule has 0 amide bonds. The second kappa shape index (κ2) is 11.9. The highest BCUT2D eigenvalue weighted by atomic mass is 16.3. The Morgan fingerprint density at radius 2 is 0.982 bits per heavy atom. The number of nitrogens with zero attached hydrogens (tertiary/aromatic N) is 4. The topological polar surface area (TPSA) is 77.8 Å². The van der Waals surface area contributed by atoms with Gasteiger partial charge in [-0.05, 0) is 87.3 Å². The van der Waals surface area contributed by atoms with Gasteiger partial charge < -0.3 is 8.83 Å². The van der Waals surface area contributed by atoms with Crippen LogP contribution < -0.4 is 0 Å². The number of benzene rings is 8. The standard InChI is InChI=1S/C50H28N4O2/c1-3-14-34-29(10-1)12-7-18-39(34)49-52-48(32-21-22-38-37-16-5-6-19-43(37)55-45(38)27-32)53-50(54-49)40-25-33(24-30-11-2-4-15-35(30)40)36-17-8-20-44-47(36)41-28-42-31(13-9-23-51-42)26-46(41)56-44/h1-28H. The maximum Gasteiger partial charge on any atom is 0.164 e. The van der Waals surface area contributed by atoms with Gasteiger partial charge in [0.2, 0.25) is 0 Å². The van der Waals surface area contributed by atoms with Crippen LogP contribution >= 0.6 is 0 Å². The van der Waals surface area contributed by atoms with E-state index in [1.165, 1.54) is 0 Å². The van der Waals surface area contributed by atoms with Crippen molar-refractivity contribution in [2.75, 3.05) is 0 Å². The van der Waals surface area contributed by atoms with E-state index in [0.29, 0.717) is 17.5 Å². The first kappa shape index (κ1) is 30.7. The van der Waals surface area contributed by atoms with Crippen molar-refractivity contribution in [3.63, 3.8) is 0 Å². The van der Waals surface area contributed by atoms with Gasteiger partial charge >= 0.3 is 0 Å². The SMILES string of the molecule is c1cnc2cc3c(cc2c1)oc1cccc(-c2cc(-c4nc(-c5ccc6c(c5)oc5ccccc56)nc(-c5cccc6ccccc56)n4)c4ccccc4c2)c13. The Morgan fingerprint density at radius 1 is 0.339 bits per heavy atom. The molecule has 0 saturated carbocycles. The van der Waals surface area contributed by atoms with Crippen LogP contribution in [0.25, 0.3) is 122 Å². The van der Waals surface area contributed by atoms with Gasteiger partial charge in [0, 0.05) is 49.8 Å². The van der Waals surface area contributed by atoms with E-state index in [1.54, 1.807) is 0 Å². The number of furan rings is 2. The predicted molar refractivity (Wildman–Crippen MR) is 226 cm³/mol. The second-order valence-electron chi connectivity index (χ2n) is 14.2. The summed E-state index contributed by atoms with van der Waals surface area (Å²) in [6, 6.07) is 56.3. The second-order valence-corrected chi connectivity index (χ2v) is 14.2. The minimum absolute atomic E-state index is 0.567. The molecule has 260 valence electrons. The minimum atomic E-state index is 0.567. The van der Waals surface area contributed by atoms with Crippen LogP contribution in [0.5, 0.6) is 0 Å². The van der Waals surface area contributed by atoms with Gasteiger partial charge in [-0.2, -0.15) is 0 Å². The third-order valence-corrected chi connectivity index (χ3v) is 10.9. The van der Waals surface area contributed by atoms with Gasteiger partial charge in [0.1, 0.15) is 22.3 Å². The smallest absolute Gasteiger partial charge is 0.164 e. The summed E-state index contributed by atoms with van der Waals surface area (Å²) in [5, 5.41) is 9.56. The van der Waals surface area contributed by atoms with Crippen molar-refractivity contribution >= 4 is 76.3 Å². The van der Waals surface area contributed by atoms with Gasteiger partial charge in [0.25, 0.3) is 0 Å². The molecular formula is C50H28N4O2. The Balaban J connectivity index is 1.12. The lowest BCUT2D eigenvalue weighted by Crippen LogP contribution is -2.01.